The molecule has 0 radical (unpaired) electrons. The maximum atomic E-state index is 11.9. The molecular formula is C8H14F3N. The molecule has 0 heterocycles. The van der Waals surface area contributed by atoms with Crippen molar-refractivity contribution in [3.8, 4) is 0 Å². The molecule has 0 aromatic carbocycles. The van der Waals surface area contributed by atoms with Gasteiger partial charge in [-0.25, -0.2) is 0 Å². The van der Waals surface area contributed by atoms with Gasteiger partial charge in [-0.05, 0) is 31.6 Å². The van der Waals surface area contributed by atoms with E-state index >= 15 is 0 Å². The summed E-state index contributed by atoms with van der Waals surface area (Å²) < 4.78 is 35.7. The minimum atomic E-state index is -3.99. The third-order valence-corrected chi connectivity index (χ3v) is 2.41. The van der Waals surface area contributed by atoms with Crippen molar-refractivity contribution in [2.75, 3.05) is 0 Å². The summed E-state index contributed by atoms with van der Waals surface area (Å²) in [5, 5.41) is 0. The van der Waals surface area contributed by atoms with E-state index in [1.165, 1.54) is 0 Å². The summed E-state index contributed by atoms with van der Waals surface area (Å²) in [6.45, 7) is 0. The number of hydrogen-bond donors (Lipinski definition) is 1. The molecule has 1 aliphatic rings. The summed E-state index contributed by atoms with van der Waals surface area (Å²) in [6.07, 6.45) is -1.84. The quantitative estimate of drug-likeness (QED) is 0.660. The molecule has 0 unspecified atom stereocenters. The highest BCUT2D eigenvalue weighted by molar-refractivity contribution is 4.75. The van der Waals surface area contributed by atoms with E-state index in [9.17, 15) is 13.2 Å². The lowest BCUT2D eigenvalue weighted by atomic mass is 9.84. The van der Waals surface area contributed by atoms with Crippen LogP contribution in [-0.4, -0.2) is 12.2 Å². The summed E-state index contributed by atoms with van der Waals surface area (Å²) in [5.41, 5.74) is 5.58. The molecule has 12 heavy (non-hydrogen) atoms. The van der Waals surface area contributed by atoms with Crippen LogP contribution in [0.2, 0.25) is 0 Å². The first-order valence-electron chi connectivity index (χ1n) is 4.30. The van der Waals surface area contributed by atoms with Crippen molar-refractivity contribution in [1.82, 2.24) is 0 Å². The Balaban J connectivity index is 2.26. The second-order valence-corrected chi connectivity index (χ2v) is 3.60. The average Bonchev–Trinajstić information content (AvgIpc) is 1.91. The Morgan fingerprint density at radius 1 is 1.08 bits per heavy atom. The Hall–Kier alpha value is -0.250. The van der Waals surface area contributed by atoms with E-state index in [1.807, 2.05) is 0 Å². The predicted octanol–water partition coefficient (Wildman–Crippen LogP) is 2.46. The monoisotopic (exact) mass is 181 g/mol. The van der Waals surface area contributed by atoms with Crippen LogP contribution in [0.1, 0.15) is 32.1 Å². The molecule has 0 atom stereocenters. The lowest BCUT2D eigenvalue weighted by molar-refractivity contribution is -0.146. The number of nitrogens with two attached hydrogens (primary N) is 1. The third kappa shape index (κ3) is 3.43. The fourth-order valence-corrected chi connectivity index (χ4v) is 1.72. The van der Waals surface area contributed by atoms with E-state index in [-0.39, 0.29) is 12.0 Å². The molecule has 0 amide bonds. The van der Waals surface area contributed by atoms with Gasteiger partial charge in [0.1, 0.15) is 0 Å². The van der Waals surface area contributed by atoms with Crippen LogP contribution in [0.4, 0.5) is 13.2 Å². The van der Waals surface area contributed by atoms with E-state index in [0.717, 1.165) is 12.8 Å². The molecule has 1 fully saturated rings. The summed E-state index contributed by atoms with van der Waals surface area (Å²) in [6, 6.07) is 0.134. The minimum absolute atomic E-state index is 0.134. The highest BCUT2D eigenvalue weighted by atomic mass is 19.4. The van der Waals surface area contributed by atoms with Gasteiger partial charge in [-0.15, -0.1) is 0 Å². The Kier molecular flexibility index (Phi) is 2.99. The Bertz CT molecular complexity index is 136. The molecule has 0 bridgehead atoms. The van der Waals surface area contributed by atoms with Gasteiger partial charge >= 0.3 is 6.18 Å². The molecule has 72 valence electrons. The standard InChI is InChI=1S/C8H14F3N/c9-8(10,11)5-6-1-3-7(12)4-2-6/h6-7H,1-5,12H2. The molecule has 0 aromatic heterocycles. The lowest BCUT2D eigenvalue weighted by Crippen LogP contribution is -2.28. The first-order chi connectivity index (χ1) is 5.47. The van der Waals surface area contributed by atoms with Crippen LogP contribution in [0.5, 0.6) is 0 Å². The summed E-state index contributed by atoms with van der Waals surface area (Å²) in [4.78, 5) is 0. The van der Waals surface area contributed by atoms with Crippen LogP contribution in [0.25, 0.3) is 0 Å². The molecule has 1 nitrogen and oxygen atoms in total. The van der Waals surface area contributed by atoms with Gasteiger partial charge < -0.3 is 5.73 Å². The molecule has 1 aliphatic carbocycles. The van der Waals surface area contributed by atoms with Crippen molar-refractivity contribution in [3.63, 3.8) is 0 Å². The normalized spacial score (nSPS) is 32.0. The molecule has 0 saturated heterocycles. The van der Waals surface area contributed by atoms with Crippen LogP contribution in [0.3, 0.4) is 0 Å². The second-order valence-electron chi connectivity index (χ2n) is 3.60. The predicted molar refractivity (Wildman–Crippen MR) is 40.6 cm³/mol. The first kappa shape index (κ1) is 9.84. The summed E-state index contributed by atoms with van der Waals surface area (Å²) in [7, 11) is 0. The molecule has 0 spiro atoms. The van der Waals surface area contributed by atoms with E-state index in [2.05, 4.69) is 0 Å². The lowest BCUT2D eigenvalue weighted by Gasteiger charge is -2.26. The number of hydrogen-bond acceptors (Lipinski definition) is 1. The van der Waals surface area contributed by atoms with Crippen LogP contribution < -0.4 is 5.73 Å². The van der Waals surface area contributed by atoms with Crippen molar-refractivity contribution in [2.24, 2.45) is 11.7 Å². The molecular weight excluding hydrogens is 167 g/mol. The zero-order chi connectivity index (χ0) is 9.19. The van der Waals surface area contributed by atoms with Crippen LogP contribution in [0, 0.1) is 5.92 Å². The number of rotatable bonds is 1. The van der Waals surface area contributed by atoms with E-state index < -0.39 is 12.6 Å². The minimum Gasteiger partial charge on any atom is -0.328 e. The van der Waals surface area contributed by atoms with E-state index in [0.29, 0.717) is 12.8 Å². The van der Waals surface area contributed by atoms with Crippen LogP contribution in [-0.2, 0) is 0 Å². The molecule has 1 rings (SSSR count). The molecule has 4 heteroatoms. The zero-order valence-electron chi connectivity index (χ0n) is 6.90. The number of halogens is 3. The fraction of sp³-hybridized carbons (Fsp3) is 1.00. The third-order valence-electron chi connectivity index (χ3n) is 2.41. The van der Waals surface area contributed by atoms with Crippen molar-refractivity contribution >= 4 is 0 Å². The van der Waals surface area contributed by atoms with E-state index in [1.54, 1.807) is 0 Å². The number of alkyl halides is 3. The van der Waals surface area contributed by atoms with E-state index in [4.69, 9.17) is 5.73 Å². The zero-order valence-corrected chi connectivity index (χ0v) is 6.90. The SMILES string of the molecule is NC1CCC(CC(F)(F)F)CC1. The van der Waals surface area contributed by atoms with Gasteiger partial charge in [0.05, 0.1) is 0 Å². The van der Waals surface area contributed by atoms with Crippen molar-refractivity contribution in [2.45, 2.75) is 44.3 Å². The van der Waals surface area contributed by atoms with Crippen molar-refractivity contribution in [3.05, 3.63) is 0 Å². The highest BCUT2D eigenvalue weighted by Gasteiger charge is 2.33. The Labute approximate surface area is 70.1 Å². The Morgan fingerprint density at radius 2 is 1.58 bits per heavy atom. The molecule has 1 saturated carbocycles. The van der Waals surface area contributed by atoms with Crippen molar-refractivity contribution < 1.29 is 13.2 Å². The smallest absolute Gasteiger partial charge is 0.328 e. The van der Waals surface area contributed by atoms with Gasteiger partial charge in [-0.1, -0.05) is 0 Å². The summed E-state index contributed by atoms with van der Waals surface area (Å²) >= 11 is 0. The maximum absolute atomic E-state index is 11.9. The van der Waals surface area contributed by atoms with Gasteiger partial charge in [-0.3, -0.25) is 0 Å². The summed E-state index contributed by atoms with van der Waals surface area (Å²) in [5.74, 6) is -0.176. The molecule has 0 aromatic rings. The Morgan fingerprint density at radius 3 is 2.00 bits per heavy atom. The molecule has 0 aliphatic heterocycles. The van der Waals surface area contributed by atoms with Crippen LogP contribution >= 0.6 is 0 Å². The van der Waals surface area contributed by atoms with Gasteiger partial charge in [0.2, 0.25) is 0 Å². The van der Waals surface area contributed by atoms with Crippen LogP contribution in [0.15, 0.2) is 0 Å². The van der Waals surface area contributed by atoms with Crippen molar-refractivity contribution in [1.29, 1.82) is 0 Å². The van der Waals surface area contributed by atoms with Gasteiger partial charge in [0, 0.05) is 12.5 Å². The average molecular weight is 181 g/mol. The fourth-order valence-electron chi connectivity index (χ4n) is 1.72. The highest BCUT2D eigenvalue weighted by Crippen LogP contribution is 2.33. The largest absolute Gasteiger partial charge is 0.389 e. The topological polar surface area (TPSA) is 26.0 Å². The maximum Gasteiger partial charge on any atom is 0.389 e. The molecule has 2 N–H and O–H groups in total. The van der Waals surface area contributed by atoms with Gasteiger partial charge in [0.25, 0.3) is 0 Å². The van der Waals surface area contributed by atoms with Gasteiger partial charge in [-0.2, -0.15) is 13.2 Å². The first-order valence-corrected chi connectivity index (χ1v) is 4.30. The van der Waals surface area contributed by atoms with Gasteiger partial charge in [0.15, 0.2) is 0 Å². The second kappa shape index (κ2) is 3.64.